The minimum Gasteiger partial charge on any atom is -0.481 e. The second-order valence-electron chi connectivity index (χ2n) is 3.87. The van der Waals surface area contributed by atoms with Gasteiger partial charge in [0.1, 0.15) is 6.26 Å². The monoisotopic (exact) mass is 297 g/mol. The van der Waals surface area contributed by atoms with Crippen molar-refractivity contribution in [3.05, 3.63) is 42.2 Å². The molecule has 0 aliphatic heterocycles. The molecule has 90 valence electrons. The Labute approximate surface area is 107 Å². The summed E-state index contributed by atoms with van der Waals surface area (Å²) in [6.45, 7) is 0. The maximum absolute atomic E-state index is 10.9. The molecular weight excluding hydrogens is 286 g/mol. The van der Waals surface area contributed by atoms with Crippen LogP contribution in [-0.2, 0) is 4.79 Å². The van der Waals surface area contributed by atoms with E-state index < -0.39 is 5.97 Å². The van der Waals surface area contributed by atoms with Gasteiger partial charge in [0.05, 0.1) is 18.5 Å². The fraction of sp³-hybridized carbons (Fsp3) is 0.333. The average Bonchev–Trinajstić information content (AvgIpc) is 2.79. The first-order chi connectivity index (χ1) is 8.16. The third-order valence-electron chi connectivity index (χ3n) is 2.64. The van der Waals surface area contributed by atoms with Crippen LogP contribution in [0.2, 0.25) is 0 Å². The first-order valence-corrected chi connectivity index (χ1v) is 6.21. The molecule has 0 bridgehead atoms. The molecule has 0 fully saturated rings. The van der Waals surface area contributed by atoms with Gasteiger partial charge in [-0.05, 0) is 6.42 Å². The highest BCUT2D eigenvalue weighted by atomic mass is 79.9. The van der Waals surface area contributed by atoms with Gasteiger partial charge in [-0.1, -0.05) is 39.7 Å². The van der Waals surface area contributed by atoms with Crippen LogP contribution in [0.25, 0.3) is 0 Å². The van der Waals surface area contributed by atoms with Gasteiger partial charge in [-0.25, -0.2) is 4.98 Å². The zero-order chi connectivity index (χ0) is 12.3. The van der Waals surface area contributed by atoms with Gasteiger partial charge >= 0.3 is 5.97 Å². The Hall–Kier alpha value is -1.36. The quantitative estimate of drug-likeness (QED) is 0.868. The molecule has 0 saturated carbocycles. The van der Waals surface area contributed by atoms with Gasteiger partial charge < -0.3 is 9.52 Å². The van der Waals surface area contributed by atoms with E-state index in [9.17, 15) is 4.79 Å². The van der Waals surface area contributed by atoms with Crippen molar-refractivity contribution in [2.75, 3.05) is 0 Å². The van der Waals surface area contributed by atoms with Crippen molar-refractivity contribution < 1.29 is 14.3 Å². The minimum atomic E-state index is -0.852. The first kappa shape index (κ1) is 12.1. The molecule has 2 rings (SSSR count). The highest BCUT2D eigenvalue weighted by Crippen LogP contribution is 2.33. The van der Waals surface area contributed by atoms with Gasteiger partial charge in [-0.2, -0.15) is 0 Å². The standard InChI is InChI=1S/C12H12BrNO3/c13-9-3-1-2-8(6-9)10(7-11(15)16)12-14-4-5-17-12/h1-5,9-10H,6-7H2,(H,15,16). The predicted molar refractivity (Wildman–Crippen MR) is 66.1 cm³/mol. The summed E-state index contributed by atoms with van der Waals surface area (Å²) >= 11 is 3.50. The fourth-order valence-electron chi connectivity index (χ4n) is 1.88. The molecule has 1 aliphatic rings. The van der Waals surface area contributed by atoms with E-state index in [0.717, 1.165) is 12.0 Å². The lowest BCUT2D eigenvalue weighted by Crippen LogP contribution is -2.13. The van der Waals surface area contributed by atoms with Crippen LogP contribution >= 0.6 is 15.9 Å². The summed E-state index contributed by atoms with van der Waals surface area (Å²) in [5.74, 6) is -0.670. The van der Waals surface area contributed by atoms with E-state index in [1.807, 2.05) is 18.2 Å². The van der Waals surface area contributed by atoms with E-state index >= 15 is 0 Å². The van der Waals surface area contributed by atoms with Gasteiger partial charge in [-0.15, -0.1) is 0 Å². The third kappa shape index (κ3) is 3.06. The van der Waals surface area contributed by atoms with Crippen molar-refractivity contribution in [2.45, 2.75) is 23.6 Å². The predicted octanol–water partition coefficient (Wildman–Crippen LogP) is 2.88. The molecular formula is C12H12BrNO3. The first-order valence-electron chi connectivity index (χ1n) is 5.29. The summed E-state index contributed by atoms with van der Waals surface area (Å²) in [6, 6.07) is 0. The number of allylic oxidation sites excluding steroid dienone is 4. The van der Waals surface area contributed by atoms with Crippen molar-refractivity contribution in [3.63, 3.8) is 0 Å². The van der Waals surface area contributed by atoms with E-state index in [0.29, 0.717) is 5.89 Å². The molecule has 2 unspecified atom stereocenters. The van der Waals surface area contributed by atoms with Gasteiger partial charge in [0.2, 0.25) is 5.89 Å². The number of carboxylic acids is 1. The van der Waals surface area contributed by atoms with Crippen LogP contribution in [0.15, 0.2) is 40.7 Å². The average molecular weight is 298 g/mol. The summed E-state index contributed by atoms with van der Waals surface area (Å²) in [6.07, 6.45) is 9.67. The molecule has 17 heavy (non-hydrogen) atoms. The van der Waals surface area contributed by atoms with Crippen LogP contribution in [-0.4, -0.2) is 20.9 Å². The fourth-order valence-corrected chi connectivity index (χ4v) is 2.43. The van der Waals surface area contributed by atoms with Crippen LogP contribution < -0.4 is 0 Å². The second kappa shape index (κ2) is 5.31. The van der Waals surface area contributed by atoms with Gasteiger partial charge in [0.15, 0.2) is 0 Å². The van der Waals surface area contributed by atoms with E-state index in [-0.39, 0.29) is 17.2 Å². The SMILES string of the molecule is O=C(O)CC(C1=CC=CC(Br)C1)c1ncco1. The minimum absolute atomic E-state index is 0.0000926. The Morgan fingerprint density at radius 3 is 3.12 bits per heavy atom. The van der Waals surface area contributed by atoms with Crippen molar-refractivity contribution in [1.82, 2.24) is 4.98 Å². The number of aliphatic carboxylic acids is 1. The molecule has 0 amide bonds. The molecule has 2 atom stereocenters. The molecule has 1 N–H and O–H groups in total. The van der Waals surface area contributed by atoms with Crippen molar-refractivity contribution in [2.24, 2.45) is 0 Å². The maximum atomic E-state index is 10.9. The van der Waals surface area contributed by atoms with E-state index in [1.165, 1.54) is 12.5 Å². The lowest BCUT2D eigenvalue weighted by Gasteiger charge is -2.19. The van der Waals surface area contributed by atoms with Crippen LogP contribution in [0.1, 0.15) is 24.7 Å². The molecule has 1 aromatic rings. The lowest BCUT2D eigenvalue weighted by molar-refractivity contribution is -0.137. The largest absolute Gasteiger partial charge is 0.481 e. The van der Waals surface area contributed by atoms with Crippen LogP contribution in [0.4, 0.5) is 0 Å². The Kier molecular flexibility index (Phi) is 3.78. The highest BCUT2D eigenvalue weighted by Gasteiger charge is 2.25. The maximum Gasteiger partial charge on any atom is 0.304 e. The molecule has 1 aliphatic carbocycles. The topological polar surface area (TPSA) is 63.3 Å². The Balaban J connectivity index is 2.24. The summed E-state index contributed by atoms with van der Waals surface area (Å²) in [5, 5.41) is 8.95. The number of alkyl halides is 1. The summed E-state index contributed by atoms with van der Waals surface area (Å²) in [5.41, 5.74) is 1.03. The van der Waals surface area contributed by atoms with Gasteiger partial charge in [0.25, 0.3) is 0 Å². The number of oxazole rings is 1. The second-order valence-corrected chi connectivity index (χ2v) is 5.04. The van der Waals surface area contributed by atoms with Crippen molar-refractivity contribution in [1.29, 1.82) is 0 Å². The highest BCUT2D eigenvalue weighted by molar-refractivity contribution is 9.09. The molecule has 1 aromatic heterocycles. The molecule has 1 heterocycles. The number of carboxylic acid groups (broad SMARTS) is 1. The van der Waals surface area contributed by atoms with E-state index in [1.54, 1.807) is 0 Å². The summed E-state index contributed by atoms with van der Waals surface area (Å²) in [7, 11) is 0. The number of carbonyl (C=O) groups is 1. The third-order valence-corrected chi connectivity index (χ3v) is 3.27. The Morgan fingerprint density at radius 1 is 1.71 bits per heavy atom. The van der Waals surface area contributed by atoms with E-state index in [4.69, 9.17) is 9.52 Å². The van der Waals surface area contributed by atoms with Crippen molar-refractivity contribution >= 4 is 21.9 Å². The number of aromatic nitrogens is 1. The van der Waals surface area contributed by atoms with Gasteiger partial charge in [0, 0.05) is 4.83 Å². The zero-order valence-corrected chi connectivity index (χ0v) is 10.6. The number of rotatable bonds is 4. The molecule has 5 heteroatoms. The smallest absolute Gasteiger partial charge is 0.304 e. The normalized spacial score (nSPS) is 21.0. The van der Waals surface area contributed by atoms with Gasteiger partial charge in [-0.3, -0.25) is 4.79 Å². The molecule has 0 radical (unpaired) electrons. The summed E-state index contributed by atoms with van der Waals surface area (Å²) in [4.78, 5) is 15.2. The number of halogens is 1. The van der Waals surface area contributed by atoms with E-state index in [2.05, 4.69) is 20.9 Å². The van der Waals surface area contributed by atoms with Crippen LogP contribution in [0.3, 0.4) is 0 Å². The number of hydrogen-bond donors (Lipinski definition) is 1. The zero-order valence-electron chi connectivity index (χ0n) is 9.04. The lowest BCUT2D eigenvalue weighted by atomic mass is 9.89. The molecule has 0 spiro atoms. The number of nitrogens with zero attached hydrogens (tertiary/aromatic N) is 1. The number of hydrogen-bond acceptors (Lipinski definition) is 3. The molecule has 0 saturated heterocycles. The molecule has 0 aromatic carbocycles. The van der Waals surface area contributed by atoms with Crippen LogP contribution in [0.5, 0.6) is 0 Å². The summed E-state index contributed by atoms with van der Waals surface area (Å²) < 4.78 is 5.23. The van der Waals surface area contributed by atoms with Crippen molar-refractivity contribution in [3.8, 4) is 0 Å². The van der Waals surface area contributed by atoms with Crippen LogP contribution in [0, 0.1) is 0 Å². The Morgan fingerprint density at radius 2 is 2.53 bits per heavy atom. The Bertz CT molecular complexity index is 450. The molecule has 4 nitrogen and oxygen atoms in total.